The largest absolute Gasteiger partial charge is 0.453 e. The highest BCUT2D eigenvalue weighted by molar-refractivity contribution is 6.38. The Balaban J connectivity index is 2.40. The quantitative estimate of drug-likeness (QED) is 0.301. The van der Waals surface area contributed by atoms with Crippen LogP contribution in [0.4, 0.5) is 22.4 Å². The van der Waals surface area contributed by atoms with Gasteiger partial charge in [-0.25, -0.2) is 22.4 Å². The van der Waals surface area contributed by atoms with E-state index in [2.05, 4.69) is 15.4 Å². The number of nitrogens with one attached hydrogen (secondary N) is 3. The molecule has 10 nitrogen and oxygen atoms in total. The van der Waals surface area contributed by atoms with Crippen molar-refractivity contribution in [3.05, 3.63) is 0 Å². The highest BCUT2D eigenvalue weighted by Gasteiger charge is 2.67. The zero-order valence-corrected chi connectivity index (χ0v) is 21.6. The second-order valence-electron chi connectivity index (χ2n) is 10.7. The molecule has 0 radical (unpaired) electrons. The van der Waals surface area contributed by atoms with Crippen molar-refractivity contribution in [2.45, 2.75) is 76.9 Å². The lowest BCUT2D eigenvalue weighted by Gasteiger charge is -2.41. The van der Waals surface area contributed by atoms with E-state index in [1.807, 2.05) is 5.32 Å². The van der Waals surface area contributed by atoms with Gasteiger partial charge in [-0.15, -0.1) is 0 Å². The number of Topliss-reactive ketones (excluding diaryl/α,β-unsaturated/α-hetero) is 1. The van der Waals surface area contributed by atoms with Gasteiger partial charge in [0.05, 0.1) is 19.1 Å². The number of hydrogen-bond acceptors (Lipinski definition) is 6. The number of carbonyl (C=O) groups excluding carboxylic acids is 5. The molecule has 1 aliphatic heterocycles. The lowest BCUT2D eigenvalue weighted by atomic mass is 9.69. The molecule has 1 saturated carbocycles. The Hall–Kier alpha value is -2.93. The number of likely N-dealkylation sites (N-methyl/N-ethyl adjacent to an activating group) is 1. The molecule has 0 aromatic carbocycles. The van der Waals surface area contributed by atoms with Crippen LogP contribution in [0.5, 0.6) is 0 Å². The van der Waals surface area contributed by atoms with E-state index in [-0.39, 0.29) is 6.54 Å². The molecule has 3 N–H and O–H groups in total. The normalized spacial score (nSPS) is 24.2. The first-order valence-corrected chi connectivity index (χ1v) is 11.8. The fraction of sp³-hybridized carbons (Fsp3) is 0.783. The number of fused-ring (bicyclic) bond motifs is 1. The highest BCUT2D eigenvalue weighted by atomic mass is 19.3. The maximum absolute atomic E-state index is 14.6. The molecule has 4 amide bonds. The van der Waals surface area contributed by atoms with E-state index in [4.69, 9.17) is 0 Å². The molecule has 2 fully saturated rings. The van der Waals surface area contributed by atoms with Crippen molar-refractivity contribution in [2.24, 2.45) is 17.3 Å². The maximum atomic E-state index is 14.6. The summed E-state index contributed by atoms with van der Waals surface area (Å²) < 4.78 is 60.7. The topological polar surface area (TPSA) is 134 Å². The average molecular weight is 539 g/mol. The molecule has 2 aliphatic rings. The van der Waals surface area contributed by atoms with E-state index >= 15 is 0 Å². The Bertz CT molecular complexity index is 933. The van der Waals surface area contributed by atoms with Gasteiger partial charge in [0, 0.05) is 26.4 Å². The lowest BCUT2D eigenvalue weighted by Crippen LogP contribution is -2.61. The molecule has 14 heteroatoms. The molecule has 210 valence electrons. The standard InChI is InChI=1S/C23H34F4N4O6/c1-21(2,3)16(30-20(36)37-6)19(35)31-10-11-9-23(26,27)13(11)14(31)17(33)29-12(7-8-22(4,24)25)15(32)18(34)28-5/h11-14,16H,7-10H2,1-6H3,(H,28,34)(H,29,33)(H,30,36)/t11-,12-,13-,14-,16+/m0/s1. The van der Waals surface area contributed by atoms with Crippen LogP contribution in [0.15, 0.2) is 0 Å². The Morgan fingerprint density at radius 3 is 2.14 bits per heavy atom. The Morgan fingerprint density at radius 2 is 1.68 bits per heavy atom. The monoisotopic (exact) mass is 538 g/mol. The van der Waals surface area contributed by atoms with Crippen LogP contribution >= 0.6 is 0 Å². The molecular formula is C23H34F4N4O6. The fourth-order valence-corrected chi connectivity index (χ4v) is 4.75. The second-order valence-corrected chi connectivity index (χ2v) is 10.7. The molecule has 1 heterocycles. The third kappa shape index (κ3) is 6.89. The molecule has 1 saturated heterocycles. The van der Waals surface area contributed by atoms with E-state index in [1.54, 1.807) is 20.8 Å². The summed E-state index contributed by atoms with van der Waals surface area (Å²) in [5, 5.41) is 6.58. The molecule has 0 spiro atoms. The Kier molecular flexibility index (Phi) is 8.86. The van der Waals surface area contributed by atoms with Crippen LogP contribution in [0, 0.1) is 17.3 Å². The number of hydrogen-bond donors (Lipinski definition) is 3. The van der Waals surface area contributed by atoms with Crippen LogP contribution in [-0.2, 0) is 23.9 Å². The van der Waals surface area contributed by atoms with Crippen molar-refractivity contribution >= 4 is 29.6 Å². The number of ether oxygens (including phenoxy) is 1. The van der Waals surface area contributed by atoms with Crippen molar-refractivity contribution in [3.63, 3.8) is 0 Å². The van der Waals surface area contributed by atoms with Gasteiger partial charge < -0.3 is 25.6 Å². The number of methoxy groups -OCH3 is 1. The third-order valence-electron chi connectivity index (χ3n) is 6.71. The smallest absolute Gasteiger partial charge is 0.407 e. The van der Waals surface area contributed by atoms with Gasteiger partial charge in [-0.05, 0) is 24.7 Å². The summed E-state index contributed by atoms with van der Waals surface area (Å²) in [6.07, 6.45) is -3.02. The summed E-state index contributed by atoms with van der Waals surface area (Å²) in [7, 11) is 2.21. The molecule has 0 aromatic rings. The van der Waals surface area contributed by atoms with E-state index < -0.39 is 96.1 Å². The predicted octanol–water partition coefficient (Wildman–Crippen LogP) is 1.47. The number of ketones is 1. The molecule has 5 atom stereocenters. The highest BCUT2D eigenvalue weighted by Crippen LogP contribution is 2.55. The van der Waals surface area contributed by atoms with Crippen LogP contribution in [-0.4, -0.2) is 85.2 Å². The van der Waals surface area contributed by atoms with Gasteiger partial charge in [-0.1, -0.05) is 20.8 Å². The van der Waals surface area contributed by atoms with Gasteiger partial charge in [-0.3, -0.25) is 19.2 Å². The van der Waals surface area contributed by atoms with Crippen LogP contribution < -0.4 is 16.0 Å². The Labute approximate surface area is 212 Å². The van der Waals surface area contributed by atoms with Crippen molar-refractivity contribution < 1.29 is 46.3 Å². The first-order chi connectivity index (χ1) is 16.8. The summed E-state index contributed by atoms with van der Waals surface area (Å²) in [6.45, 7) is 5.22. The molecular weight excluding hydrogens is 504 g/mol. The number of nitrogens with zero attached hydrogens (tertiary/aromatic N) is 1. The molecule has 37 heavy (non-hydrogen) atoms. The zero-order chi connectivity index (χ0) is 28.5. The van der Waals surface area contributed by atoms with E-state index in [0.29, 0.717) is 6.92 Å². The van der Waals surface area contributed by atoms with Gasteiger partial charge in [0.25, 0.3) is 11.8 Å². The van der Waals surface area contributed by atoms with Crippen LogP contribution in [0.2, 0.25) is 0 Å². The molecule has 0 aromatic heterocycles. The zero-order valence-electron chi connectivity index (χ0n) is 21.6. The van der Waals surface area contributed by atoms with Crippen molar-refractivity contribution in [2.75, 3.05) is 20.7 Å². The van der Waals surface area contributed by atoms with Crippen LogP contribution in [0.25, 0.3) is 0 Å². The van der Waals surface area contributed by atoms with Crippen molar-refractivity contribution in [3.8, 4) is 0 Å². The van der Waals surface area contributed by atoms with Crippen LogP contribution in [0.3, 0.4) is 0 Å². The maximum Gasteiger partial charge on any atom is 0.407 e. The summed E-state index contributed by atoms with van der Waals surface area (Å²) in [6, 6.07) is -4.74. The summed E-state index contributed by atoms with van der Waals surface area (Å²) in [4.78, 5) is 64.0. The number of likely N-dealkylation sites (tertiary alicyclic amines) is 1. The van der Waals surface area contributed by atoms with E-state index in [1.165, 1.54) is 0 Å². The number of alkyl halides is 4. The fourth-order valence-electron chi connectivity index (χ4n) is 4.75. The minimum Gasteiger partial charge on any atom is -0.453 e. The molecule has 0 bridgehead atoms. The average Bonchev–Trinajstić information content (AvgIpc) is 3.12. The van der Waals surface area contributed by atoms with Gasteiger partial charge in [-0.2, -0.15) is 0 Å². The van der Waals surface area contributed by atoms with Crippen LogP contribution in [0.1, 0.15) is 47.0 Å². The first kappa shape index (κ1) is 30.3. The molecule has 0 unspecified atom stereocenters. The third-order valence-corrected chi connectivity index (χ3v) is 6.71. The number of halogens is 4. The number of alkyl carbamates (subject to hydrolysis) is 1. The summed E-state index contributed by atoms with van der Waals surface area (Å²) in [5.41, 5.74) is -0.916. The van der Waals surface area contributed by atoms with Crippen molar-refractivity contribution in [1.29, 1.82) is 0 Å². The van der Waals surface area contributed by atoms with E-state index in [9.17, 15) is 41.5 Å². The summed E-state index contributed by atoms with van der Waals surface area (Å²) >= 11 is 0. The van der Waals surface area contributed by atoms with Gasteiger partial charge in [0.2, 0.25) is 23.5 Å². The first-order valence-electron chi connectivity index (χ1n) is 11.8. The van der Waals surface area contributed by atoms with Gasteiger partial charge >= 0.3 is 6.09 Å². The second kappa shape index (κ2) is 10.8. The minimum atomic E-state index is -3.30. The minimum absolute atomic E-state index is 0.215. The summed E-state index contributed by atoms with van der Waals surface area (Å²) in [5.74, 6) is -13.2. The van der Waals surface area contributed by atoms with Gasteiger partial charge in [0.1, 0.15) is 12.1 Å². The lowest BCUT2D eigenvalue weighted by molar-refractivity contribution is -0.172. The Morgan fingerprint density at radius 1 is 1.08 bits per heavy atom. The predicted molar refractivity (Wildman–Crippen MR) is 122 cm³/mol. The molecule has 1 aliphatic carbocycles. The number of carbonyl (C=O) groups is 5. The van der Waals surface area contributed by atoms with E-state index in [0.717, 1.165) is 19.1 Å². The molecule has 2 rings (SSSR count). The van der Waals surface area contributed by atoms with Crippen molar-refractivity contribution in [1.82, 2.24) is 20.9 Å². The van der Waals surface area contributed by atoms with Gasteiger partial charge in [0.15, 0.2) is 0 Å². The SMILES string of the molecule is CNC(=O)C(=O)[C@H](CCC(C)(F)F)NC(=O)[C@@H]1[C@@H]2[C@H](CN1C(=O)[C@@H](NC(=O)OC)C(C)(C)C)CC2(F)F. The number of amides is 4. The number of rotatable bonds is 9.